The van der Waals surface area contributed by atoms with Gasteiger partial charge in [0.1, 0.15) is 11.6 Å². The Morgan fingerprint density at radius 3 is 2.51 bits per heavy atom. The van der Waals surface area contributed by atoms with Crippen molar-refractivity contribution in [3.05, 3.63) is 124 Å². The van der Waals surface area contributed by atoms with Gasteiger partial charge in [0.2, 0.25) is 0 Å². The van der Waals surface area contributed by atoms with Gasteiger partial charge in [-0.25, -0.2) is 4.39 Å². The van der Waals surface area contributed by atoms with E-state index in [0.717, 1.165) is 16.1 Å². The van der Waals surface area contributed by atoms with Crippen molar-refractivity contribution in [1.82, 2.24) is 5.32 Å². The zero-order chi connectivity index (χ0) is 24.2. The maximum absolute atomic E-state index is 14.3. The van der Waals surface area contributed by atoms with E-state index in [2.05, 4.69) is 5.32 Å². The first-order chi connectivity index (χ1) is 17.1. The fourth-order valence-electron chi connectivity index (χ4n) is 3.78. The number of halogens is 1. The molecule has 1 aliphatic rings. The summed E-state index contributed by atoms with van der Waals surface area (Å²) in [4.78, 5) is 28.9. The van der Waals surface area contributed by atoms with Gasteiger partial charge in [-0.05, 0) is 54.1 Å². The molecule has 1 aliphatic heterocycles. The summed E-state index contributed by atoms with van der Waals surface area (Å²) in [6.07, 6.45) is 3.35. The molecular formula is C28H21FN2O3S. The van der Waals surface area contributed by atoms with Crippen molar-refractivity contribution in [1.29, 1.82) is 0 Å². The molecule has 0 unspecified atom stereocenters. The molecule has 2 heterocycles. The summed E-state index contributed by atoms with van der Waals surface area (Å²) in [6, 6.07) is 24.7. The number of fused-ring (bicyclic) bond motifs is 1. The molecule has 3 aromatic carbocycles. The van der Waals surface area contributed by atoms with Gasteiger partial charge in [0, 0.05) is 16.0 Å². The first kappa shape index (κ1) is 22.7. The third-order valence-corrected chi connectivity index (χ3v) is 6.67. The van der Waals surface area contributed by atoms with Crippen LogP contribution in [-0.2, 0) is 17.9 Å². The minimum atomic E-state index is -0.345. The minimum absolute atomic E-state index is 0.134. The van der Waals surface area contributed by atoms with Crippen LogP contribution in [0.15, 0.2) is 105 Å². The maximum atomic E-state index is 14.3. The molecule has 35 heavy (non-hydrogen) atoms. The summed E-state index contributed by atoms with van der Waals surface area (Å²) in [5, 5.41) is 2.81. The van der Waals surface area contributed by atoms with E-state index >= 15 is 0 Å². The summed E-state index contributed by atoms with van der Waals surface area (Å²) in [5.74, 6) is -0.0823. The van der Waals surface area contributed by atoms with E-state index in [1.165, 1.54) is 17.8 Å². The lowest BCUT2D eigenvalue weighted by atomic mass is 10.1. The predicted molar refractivity (Wildman–Crippen MR) is 134 cm³/mol. The predicted octanol–water partition coefficient (Wildman–Crippen LogP) is 6.03. The summed E-state index contributed by atoms with van der Waals surface area (Å²) in [7, 11) is 0. The van der Waals surface area contributed by atoms with Crippen LogP contribution in [0.2, 0.25) is 0 Å². The molecule has 5 rings (SSSR count). The number of amides is 2. The average Bonchev–Trinajstić information content (AvgIpc) is 3.40. The number of thioether (sulfide) groups is 1. The van der Waals surface area contributed by atoms with Crippen LogP contribution < -0.4 is 10.2 Å². The molecule has 0 fully saturated rings. The van der Waals surface area contributed by atoms with Gasteiger partial charge in [0.25, 0.3) is 11.8 Å². The maximum Gasteiger partial charge on any atom is 0.265 e. The second-order valence-electron chi connectivity index (χ2n) is 7.95. The molecule has 0 atom stereocenters. The fourth-order valence-corrected chi connectivity index (χ4v) is 4.84. The monoisotopic (exact) mass is 484 g/mol. The number of nitrogens with zero attached hydrogens (tertiary/aromatic N) is 1. The Kier molecular flexibility index (Phi) is 6.50. The molecule has 5 nitrogen and oxygen atoms in total. The fraction of sp³-hybridized carbons (Fsp3) is 0.0714. The van der Waals surface area contributed by atoms with E-state index < -0.39 is 0 Å². The molecule has 0 radical (unpaired) electrons. The minimum Gasteiger partial charge on any atom is -0.467 e. The van der Waals surface area contributed by atoms with Gasteiger partial charge in [-0.15, -0.1) is 0 Å². The Bertz CT molecular complexity index is 1400. The van der Waals surface area contributed by atoms with Gasteiger partial charge in [0.15, 0.2) is 0 Å². The topological polar surface area (TPSA) is 62.6 Å². The molecule has 0 aliphatic carbocycles. The smallest absolute Gasteiger partial charge is 0.265 e. The first-order valence-corrected chi connectivity index (χ1v) is 11.8. The number of carbonyl (C=O) groups is 2. The summed E-state index contributed by atoms with van der Waals surface area (Å²) >= 11 is 1.38. The molecule has 1 N–H and O–H groups in total. The number of hydrogen-bond acceptors (Lipinski definition) is 4. The lowest BCUT2D eigenvalue weighted by Crippen LogP contribution is -2.34. The SMILES string of the molecule is O=C(NCc1ccco1)c1ccc(C=C2Sc3ccccc3N(Cc3ccccc3F)C2=O)cc1. The molecule has 0 bridgehead atoms. The van der Waals surface area contributed by atoms with E-state index in [9.17, 15) is 14.0 Å². The Hall–Kier alpha value is -4.10. The molecule has 0 saturated heterocycles. The molecule has 0 saturated carbocycles. The molecule has 0 spiro atoms. The van der Waals surface area contributed by atoms with Crippen molar-refractivity contribution >= 4 is 35.3 Å². The van der Waals surface area contributed by atoms with Gasteiger partial charge in [-0.1, -0.05) is 54.2 Å². The van der Waals surface area contributed by atoms with Gasteiger partial charge in [0.05, 0.1) is 29.9 Å². The number of anilines is 1. The molecule has 4 aromatic rings. The van der Waals surface area contributed by atoms with Crippen molar-refractivity contribution < 1.29 is 18.4 Å². The number of nitrogens with one attached hydrogen (secondary N) is 1. The summed E-state index contributed by atoms with van der Waals surface area (Å²) < 4.78 is 19.6. The van der Waals surface area contributed by atoms with E-state index in [1.807, 2.05) is 24.3 Å². The lowest BCUT2D eigenvalue weighted by molar-refractivity contribution is -0.114. The van der Waals surface area contributed by atoms with Crippen molar-refractivity contribution in [2.45, 2.75) is 18.0 Å². The molecule has 1 aromatic heterocycles. The molecular weight excluding hydrogens is 463 g/mol. The van der Waals surface area contributed by atoms with Crippen LogP contribution in [0.3, 0.4) is 0 Å². The summed E-state index contributed by atoms with van der Waals surface area (Å²) in [6.45, 7) is 0.440. The number of carbonyl (C=O) groups excluding carboxylic acids is 2. The third-order valence-electron chi connectivity index (χ3n) is 5.59. The van der Waals surface area contributed by atoms with E-state index in [1.54, 1.807) is 71.8 Å². The number of hydrogen-bond donors (Lipinski definition) is 1. The highest BCUT2D eigenvalue weighted by atomic mass is 32.2. The average molecular weight is 485 g/mol. The first-order valence-electron chi connectivity index (χ1n) is 11.0. The molecule has 174 valence electrons. The van der Waals surface area contributed by atoms with Gasteiger partial charge in [-0.3, -0.25) is 9.59 Å². The van der Waals surface area contributed by atoms with E-state index in [4.69, 9.17) is 4.42 Å². The van der Waals surface area contributed by atoms with E-state index in [-0.39, 0.29) is 24.2 Å². The van der Waals surface area contributed by atoms with Gasteiger partial charge >= 0.3 is 0 Å². The normalized spacial score (nSPS) is 14.1. The second kappa shape index (κ2) is 10.0. The van der Waals surface area contributed by atoms with Crippen molar-refractivity contribution in [3.8, 4) is 0 Å². The van der Waals surface area contributed by atoms with Crippen LogP contribution >= 0.6 is 11.8 Å². The third kappa shape index (κ3) is 5.05. The standard InChI is InChI=1S/C28H21FN2O3S/c29-23-8-2-1-6-21(23)18-31-24-9-3-4-10-25(24)35-26(28(31)33)16-19-11-13-20(14-12-19)27(32)30-17-22-7-5-15-34-22/h1-16H,17-18H2,(H,30,32). The highest BCUT2D eigenvalue weighted by molar-refractivity contribution is 8.04. The highest BCUT2D eigenvalue weighted by Gasteiger charge is 2.29. The van der Waals surface area contributed by atoms with Crippen LogP contribution in [0.25, 0.3) is 6.08 Å². The molecule has 2 amide bonds. The number of benzene rings is 3. The van der Waals surface area contributed by atoms with Crippen LogP contribution in [0, 0.1) is 5.82 Å². The number of rotatable bonds is 6. The quantitative estimate of drug-likeness (QED) is 0.340. The number of para-hydroxylation sites is 1. The van der Waals surface area contributed by atoms with Crippen LogP contribution in [0.5, 0.6) is 0 Å². The van der Waals surface area contributed by atoms with Crippen LogP contribution in [-0.4, -0.2) is 11.8 Å². The van der Waals surface area contributed by atoms with Crippen molar-refractivity contribution in [2.75, 3.05) is 4.90 Å². The van der Waals surface area contributed by atoms with Crippen LogP contribution in [0.1, 0.15) is 27.2 Å². The Labute approximate surface area is 206 Å². The van der Waals surface area contributed by atoms with Crippen molar-refractivity contribution in [3.63, 3.8) is 0 Å². The largest absolute Gasteiger partial charge is 0.467 e. The molecule has 7 heteroatoms. The zero-order valence-corrected chi connectivity index (χ0v) is 19.4. The van der Waals surface area contributed by atoms with Gasteiger partial charge < -0.3 is 14.6 Å². The van der Waals surface area contributed by atoms with Crippen LogP contribution in [0.4, 0.5) is 10.1 Å². The Morgan fingerprint density at radius 2 is 1.74 bits per heavy atom. The zero-order valence-electron chi connectivity index (χ0n) is 18.6. The summed E-state index contributed by atoms with van der Waals surface area (Å²) in [5.41, 5.74) is 2.50. The highest BCUT2D eigenvalue weighted by Crippen LogP contribution is 2.42. The second-order valence-corrected chi connectivity index (χ2v) is 9.03. The number of furan rings is 1. The van der Waals surface area contributed by atoms with E-state index in [0.29, 0.717) is 28.3 Å². The Balaban J connectivity index is 1.36. The lowest BCUT2D eigenvalue weighted by Gasteiger charge is -2.30. The van der Waals surface area contributed by atoms with Gasteiger partial charge in [-0.2, -0.15) is 0 Å². The van der Waals surface area contributed by atoms with Crippen molar-refractivity contribution in [2.24, 2.45) is 0 Å². The Morgan fingerprint density at radius 1 is 0.971 bits per heavy atom.